The highest BCUT2D eigenvalue weighted by Crippen LogP contribution is 2.55. The number of hydrogen-bond donors (Lipinski definition) is 3. The molecular formula is C23H19Cl3N4O4. The Morgan fingerprint density at radius 2 is 1.76 bits per heavy atom. The van der Waals surface area contributed by atoms with Crippen LogP contribution in [0, 0.1) is 18.8 Å². The van der Waals surface area contributed by atoms with Crippen molar-refractivity contribution in [3.05, 3.63) is 56.5 Å². The average molecular weight is 522 g/mol. The Morgan fingerprint density at radius 1 is 1.06 bits per heavy atom. The Morgan fingerprint density at radius 3 is 2.44 bits per heavy atom. The summed E-state index contributed by atoms with van der Waals surface area (Å²) in [6.07, 6.45) is 0.168. The molecule has 2 saturated heterocycles. The maximum Gasteiger partial charge on any atom is 0.250 e. The Balaban J connectivity index is 1.67. The Labute approximate surface area is 209 Å². The van der Waals surface area contributed by atoms with Gasteiger partial charge in [0.15, 0.2) is 0 Å². The zero-order valence-corrected chi connectivity index (χ0v) is 20.1. The number of nitrogens with zero attached hydrogens (tertiary/aromatic N) is 1. The monoisotopic (exact) mass is 520 g/mol. The van der Waals surface area contributed by atoms with Gasteiger partial charge in [0.2, 0.25) is 23.6 Å². The van der Waals surface area contributed by atoms with Crippen molar-refractivity contribution in [2.24, 2.45) is 17.6 Å². The standard InChI is InChI=1S/C23H19Cl3N4O4/c1-9-12(24)5-3-11-19(9)28-22(34)23(11)18-17(15(29-23)6-7-16(27)31)20(32)30(21(18)33)10-2-4-13(25)14(26)8-10/h2-5,8,15,17-18,29H,6-7H2,1H3,(H2,27,31)(H,28,34)/t15-,17+,18-,23-/m0/s1. The van der Waals surface area contributed by atoms with Crippen molar-refractivity contribution in [3.63, 3.8) is 0 Å². The molecular weight excluding hydrogens is 503 g/mol. The van der Waals surface area contributed by atoms with Crippen molar-refractivity contribution < 1.29 is 19.2 Å². The molecule has 0 aliphatic carbocycles. The molecule has 3 aliphatic heterocycles. The molecule has 11 heteroatoms. The lowest BCUT2D eigenvalue weighted by Crippen LogP contribution is -2.53. The fraction of sp³-hybridized carbons (Fsp3) is 0.304. The van der Waals surface area contributed by atoms with E-state index in [-0.39, 0.29) is 28.6 Å². The first-order valence-electron chi connectivity index (χ1n) is 10.6. The normalized spacial score (nSPS) is 27.4. The fourth-order valence-electron chi connectivity index (χ4n) is 5.41. The summed E-state index contributed by atoms with van der Waals surface area (Å²) in [5, 5.41) is 7.02. The van der Waals surface area contributed by atoms with Crippen LogP contribution in [0.15, 0.2) is 30.3 Å². The summed E-state index contributed by atoms with van der Waals surface area (Å²) in [6.45, 7) is 1.76. The van der Waals surface area contributed by atoms with Crippen LogP contribution in [-0.4, -0.2) is 29.7 Å². The maximum absolute atomic E-state index is 13.8. The summed E-state index contributed by atoms with van der Waals surface area (Å²) in [7, 11) is 0. The van der Waals surface area contributed by atoms with Gasteiger partial charge in [0.05, 0.1) is 33.3 Å². The van der Waals surface area contributed by atoms with Gasteiger partial charge in [0, 0.05) is 23.0 Å². The van der Waals surface area contributed by atoms with Gasteiger partial charge < -0.3 is 11.1 Å². The number of primary amides is 1. The molecule has 1 spiro atoms. The number of nitrogens with two attached hydrogens (primary N) is 1. The average Bonchev–Trinajstić information content (AvgIpc) is 3.36. The van der Waals surface area contributed by atoms with Crippen molar-refractivity contribution >= 4 is 69.8 Å². The maximum atomic E-state index is 13.8. The zero-order chi connectivity index (χ0) is 24.5. The third kappa shape index (κ3) is 3.09. The lowest BCUT2D eigenvalue weighted by atomic mass is 9.76. The molecule has 4 amide bonds. The second-order valence-corrected chi connectivity index (χ2v) is 9.95. The molecule has 0 bridgehead atoms. The third-order valence-electron chi connectivity index (χ3n) is 6.95. The quantitative estimate of drug-likeness (QED) is 0.534. The van der Waals surface area contributed by atoms with Gasteiger partial charge in [-0.05, 0) is 43.2 Å². The van der Waals surface area contributed by atoms with E-state index in [0.29, 0.717) is 21.8 Å². The van der Waals surface area contributed by atoms with Crippen molar-refractivity contribution in [1.29, 1.82) is 0 Å². The van der Waals surface area contributed by atoms with Gasteiger partial charge in [-0.15, -0.1) is 0 Å². The number of fused-ring (bicyclic) bond motifs is 4. The van der Waals surface area contributed by atoms with Gasteiger partial charge in [0.25, 0.3) is 0 Å². The number of benzene rings is 2. The molecule has 2 fully saturated rings. The third-order valence-corrected chi connectivity index (χ3v) is 8.10. The van der Waals surface area contributed by atoms with Gasteiger partial charge in [-0.25, -0.2) is 4.90 Å². The minimum atomic E-state index is -1.50. The largest absolute Gasteiger partial charge is 0.370 e. The molecule has 176 valence electrons. The number of anilines is 2. The van der Waals surface area contributed by atoms with Crippen LogP contribution in [0.3, 0.4) is 0 Å². The second-order valence-electron chi connectivity index (χ2n) is 8.73. The van der Waals surface area contributed by atoms with Crippen molar-refractivity contribution in [2.75, 3.05) is 10.2 Å². The SMILES string of the molecule is Cc1c(Cl)ccc2c1NC(=O)[C@]21N[C@@H](CCC(N)=O)[C@H]2C(=O)N(c3ccc(Cl)c(Cl)c3)C(=O)[C@H]21. The van der Waals surface area contributed by atoms with Crippen molar-refractivity contribution in [1.82, 2.24) is 5.32 Å². The highest BCUT2D eigenvalue weighted by Gasteiger charge is 2.70. The Bertz CT molecular complexity index is 1300. The number of halogens is 3. The van der Waals surface area contributed by atoms with E-state index < -0.39 is 47.0 Å². The summed E-state index contributed by atoms with van der Waals surface area (Å²) in [6, 6.07) is 7.15. The molecule has 4 atom stereocenters. The van der Waals surface area contributed by atoms with Crippen LogP contribution in [0.4, 0.5) is 11.4 Å². The molecule has 0 radical (unpaired) electrons. The second kappa shape index (κ2) is 7.95. The van der Waals surface area contributed by atoms with Crippen LogP contribution >= 0.6 is 34.8 Å². The predicted octanol–water partition coefficient (Wildman–Crippen LogP) is 3.15. The minimum Gasteiger partial charge on any atom is -0.370 e. The lowest BCUT2D eigenvalue weighted by Gasteiger charge is -2.29. The molecule has 8 nitrogen and oxygen atoms in total. The van der Waals surface area contributed by atoms with Gasteiger partial charge in [-0.1, -0.05) is 40.9 Å². The molecule has 0 aromatic heterocycles. The molecule has 2 aromatic rings. The number of nitrogens with one attached hydrogen (secondary N) is 2. The Hall–Kier alpha value is -2.65. The van der Waals surface area contributed by atoms with Crippen LogP contribution in [0.1, 0.15) is 24.0 Å². The van der Waals surface area contributed by atoms with E-state index in [2.05, 4.69) is 10.6 Å². The molecule has 3 aliphatic rings. The molecule has 0 unspecified atom stereocenters. The number of carbonyl (C=O) groups excluding carboxylic acids is 4. The Kier molecular flexibility index (Phi) is 5.40. The molecule has 2 aromatic carbocycles. The smallest absolute Gasteiger partial charge is 0.250 e. The first-order valence-corrected chi connectivity index (χ1v) is 11.7. The number of rotatable bonds is 4. The number of hydrogen-bond acceptors (Lipinski definition) is 5. The van der Waals surface area contributed by atoms with Gasteiger partial charge in [0.1, 0.15) is 5.54 Å². The summed E-state index contributed by atoms with van der Waals surface area (Å²) in [5.41, 5.74) is 5.80. The van der Waals surface area contributed by atoms with E-state index in [4.69, 9.17) is 40.5 Å². The molecule has 5 rings (SSSR count). The van der Waals surface area contributed by atoms with Gasteiger partial charge >= 0.3 is 0 Å². The minimum absolute atomic E-state index is 0.0146. The molecule has 0 saturated carbocycles. The van der Waals surface area contributed by atoms with Crippen LogP contribution < -0.4 is 21.3 Å². The van der Waals surface area contributed by atoms with E-state index in [9.17, 15) is 19.2 Å². The van der Waals surface area contributed by atoms with Gasteiger partial charge in [-0.3, -0.25) is 24.5 Å². The fourth-order valence-corrected chi connectivity index (χ4v) is 5.86. The zero-order valence-electron chi connectivity index (χ0n) is 17.8. The predicted molar refractivity (Wildman–Crippen MR) is 128 cm³/mol. The van der Waals surface area contributed by atoms with E-state index in [1.165, 1.54) is 18.2 Å². The van der Waals surface area contributed by atoms with E-state index in [1.807, 2.05) is 0 Å². The van der Waals surface area contributed by atoms with Crippen molar-refractivity contribution in [3.8, 4) is 0 Å². The molecule has 34 heavy (non-hydrogen) atoms. The van der Waals surface area contributed by atoms with E-state index in [0.717, 1.165) is 4.90 Å². The van der Waals surface area contributed by atoms with Crippen LogP contribution in [-0.2, 0) is 24.7 Å². The van der Waals surface area contributed by atoms with Crippen LogP contribution in [0.2, 0.25) is 15.1 Å². The summed E-state index contributed by atoms with van der Waals surface area (Å²) >= 11 is 18.4. The molecule has 3 heterocycles. The first-order chi connectivity index (χ1) is 16.1. The summed E-state index contributed by atoms with van der Waals surface area (Å²) in [5.74, 6) is -3.97. The number of carbonyl (C=O) groups is 4. The topological polar surface area (TPSA) is 122 Å². The number of imide groups is 1. The summed E-state index contributed by atoms with van der Waals surface area (Å²) in [4.78, 5) is 53.6. The lowest BCUT2D eigenvalue weighted by molar-refractivity contribution is -0.130. The van der Waals surface area contributed by atoms with E-state index >= 15 is 0 Å². The van der Waals surface area contributed by atoms with Crippen molar-refractivity contribution in [2.45, 2.75) is 31.3 Å². The first kappa shape index (κ1) is 23.1. The van der Waals surface area contributed by atoms with Crippen LogP contribution in [0.5, 0.6) is 0 Å². The molecule has 4 N–H and O–H groups in total. The summed E-state index contributed by atoms with van der Waals surface area (Å²) < 4.78 is 0. The van der Waals surface area contributed by atoms with E-state index in [1.54, 1.807) is 19.1 Å². The van der Waals surface area contributed by atoms with Crippen LogP contribution in [0.25, 0.3) is 0 Å². The highest BCUT2D eigenvalue weighted by molar-refractivity contribution is 6.42. The number of amides is 4. The van der Waals surface area contributed by atoms with Gasteiger partial charge in [-0.2, -0.15) is 0 Å². The highest BCUT2D eigenvalue weighted by atomic mass is 35.5.